The van der Waals surface area contributed by atoms with Crippen molar-refractivity contribution in [1.29, 1.82) is 0 Å². The molecule has 4 nitrogen and oxygen atoms in total. The number of alkyl halides is 2. The summed E-state index contributed by atoms with van der Waals surface area (Å²) in [5, 5.41) is 0. The number of halogens is 2. The molecule has 0 aliphatic rings. The minimum Gasteiger partial charge on any atom is -0.481 e. The second kappa shape index (κ2) is 3.88. The molecule has 0 unspecified atom stereocenters. The number of hydrogen-bond acceptors (Lipinski definition) is 4. The van der Waals surface area contributed by atoms with Crippen LogP contribution in [-0.2, 0) is 0 Å². The van der Waals surface area contributed by atoms with Crippen LogP contribution in [0.3, 0.4) is 0 Å². The van der Waals surface area contributed by atoms with E-state index in [0.717, 1.165) is 0 Å². The third kappa shape index (κ3) is 2.43. The Bertz CT molecular complexity index is 294. The maximum absolute atomic E-state index is 11.8. The highest BCUT2D eigenvalue weighted by atomic mass is 19.3. The van der Waals surface area contributed by atoms with Gasteiger partial charge in [-0.3, -0.25) is 0 Å². The third-order valence-corrected chi connectivity index (χ3v) is 1.30. The Morgan fingerprint density at radius 3 is 2.77 bits per heavy atom. The van der Waals surface area contributed by atoms with Gasteiger partial charge in [0, 0.05) is 6.07 Å². The van der Waals surface area contributed by atoms with E-state index in [9.17, 15) is 8.78 Å². The van der Waals surface area contributed by atoms with Gasteiger partial charge in [-0.1, -0.05) is 0 Å². The molecule has 1 rings (SSSR count). The molecule has 0 saturated carbocycles. The van der Waals surface area contributed by atoms with Crippen LogP contribution in [0.1, 0.15) is 0 Å². The predicted octanol–water partition coefficient (Wildman–Crippen LogP) is 1.27. The molecule has 72 valence electrons. The second-order valence-electron chi connectivity index (χ2n) is 2.14. The zero-order valence-corrected chi connectivity index (χ0v) is 6.83. The van der Waals surface area contributed by atoms with Gasteiger partial charge in [0.1, 0.15) is 0 Å². The number of ether oxygens (including phenoxy) is 2. The summed E-state index contributed by atoms with van der Waals surface area (Å²) in [6.45, 7) is -2.91. The minimum absolute atomic E-state index is 0.0427. The Hall–Kier alpha value is -1.59. The van der Waals surface area contributed by atoms with Gasteiger partial charge >= 0.3 is 6.61 Å². The number of hydrogen-bond donors (Lipinski definition) is 1. The Morgan fingerprint density at radius 2 is 2.23 bits per heavy atom. The maximum Gasteiger partial charge on any atom is 0.387 e. The Morgan fingerprint density at radius 1 is 1.54 bits per heavy atom. The molecule has 0 fully saturated rings. The van der Waals surface area contributed by atoms with E-state index in [4.69, 9.17) is 10.5 Å². The number of pyridine rings is 1. The lowest BCUT2D eigenvalue weighted by Crippen LogP contribution is -2.05. The molecular formula is C7H8F2N2O2. The SMILES string of the molecule is COc1cc(OC(F)F)c(N)cn1. The number of methoxy groups -OCH3 is 1. The monoisotopic (exact) mass is 190 g/mol. The summed E-state index contributed by atoms with van der Waals surface area (Å²) in [6.07, 6.45) is 1.19. The number of anilines is 1. The van der Waals surface area contributed by atoms with E-state index in [1.54, 1.807) is 0 Å². The predicted molar refractivity (Wildman–Crippen MR) is 41.8 cm³/mol. The van der Waals surface area contributed by atoms with Crippen LogP contribution in [0.4, 0.5) is 14.5 Å². The van der Waals surface area contributed by atoms with Gasteiger partial charge in [0.15, 0.2) is 5.75 Å². The highest BCUT2D eigenvalue weighted by molar-refractivity contribution is 5.52. The first-order chi connectivity index (χ1) is 6.13. The van der Waals surface area contributed by atoms with E-state index < -0.39 is 6.61 Å². The van der Waals surface area contributed by atoms with Crippen molar-refractivity contribution in [3.8, 4) is 11.6 Å². The molecule has 0 aromatic carbocycles. The molecule has 0 amide bonds. The molecule has 0 saturated heterocycles. The van der Waals surface area contributed by atoms with Gasteiger partial charge in [0.2, 0.25) is 5.88 Å². The van der Waals surface area contributed by atoms with Crippen molar-refractivity contribution in [2.45, 2.75) is 6.61 Å². The first-order valence-electron chi connectivity index (χ1n) is 3.38. The van der Waals surface area contributed by atoms with E-state index in [2.05, 4.69) is 9.72 Å². The van der Waals surface area contributed by atoms with Crippen LogP contribution >= 0.6 is 0 Å². The van der Waals surface area contributed by atoms with Gasteiger partial charge < -0.3 is 15.2 Å². The molecule has 1 aromatic heterocycles. The number of nitrogens with two attached hydrogens (primary N) is 1. The van der Waals surface area contributed by atoms with Gasteiger partial charge in [-0.25, -0.2) is 4.98 Å². The van der Waals surface area contributed by atoms with Crippen LogP contribution < -0.4 is 15.2 Å². The summed E-state index contributed by atoms with van der Waals surface area (Å²) in [7, 11) is 1.37. The van der Waals surface area contributed by atoms with E-state index in [1.807, 2.05) is 0 Å². The molecule has 6 heteroatoms. The maximum atomic E-state index is 11.8. The normalized spacial score (nSPS) is 10.2. The zero-order chi connectivity index (χ0) is 9.84. The van der Waals surface area contributed by atoms with E-state index in [-0.39, 0.29) is 17.3 Å². The van der Waals surface area contributed by atoms with Crippen LogP contribution in [-0.4, -0.2) is 18.7 Å². The van der Waals surface area contributed by atoms with Crippen LogP contribution in [0.2, 0.25) is 0 Å². The topological polar surface area (TPSA) is 57.4 Å². The Kier molecular flexibility index (Phi) is 2.84. The van der Waals surface area contributed by atoms with Crippen molar-refractivity contribution in [1.82, 2.24) is 4.98 Å². The van der Waals surface area contributed by atoms with Crippen molar-refractivity contribution in [2.24, 2.45) is 0 Å². The highest BCUT2D eigenvalue weighted by Crippen LogP contribution is 2.25. The lowest BCUT2D eigenvalue weighted by Gasteiger charge is -2.07. The average Bonchev–Trinajstić information content (AvgIpc) is 2.08. The van der Waals surface area contributed by atoms with Crippen molar-refractivity contribution in [3.63, 3.8) is 0 Å². The van der Waals surface area contributed by atoms with Crippen molar-refractivity contribution in [2.75, 3.05) is 12.8 Å². The van der Waals surface area contributed by atoms with E-state index in [1.165, 1.54) is 19.4 Å². The standard InChI is InChI=1S/C7H8F2N2O2/c1-12-6-2-5(13-7(8)9)4(10)3-11-6/h2-3,7H,10H2,1H3. The zero-order valence-electron chi connectivity index (χ0n) is 6.83. The summed E-state index contributed by atoms with van der Waals surface area (Å²) in [5.74, 6) is 0.0340. The number of aromatic nitrogens is 1. The fourth-order valence-electron chi connectivity index (χ4n) is 0.739. The molecule has 2 N–H and O–H groups in total. The summed E-state index contributed by atoms with van der Waals surface area (Å²) >= 11 is 0. The van der Waals surface area contributed by atoms with Crippen molar-refractivity contribution < 1.29 is 18.3 Å². The van der Waals surface area contributed by atoms with E-state index in [0.29, 0.717) is 0 Å². The van der Waals surface area contributed by atoms with Gasteiger partial charge in [0.25, 0.3) is 0 Å². The molecule has 0 bridgehead atoms. The average molecular weight is 190 g/mol. The molecule has 0 atom stereocenters. The second-order valence-corrected chi connectivity index (χ2v) is 2.14. The lowest BCUT2D eigenvalue weighted by atomic mass is 10.4. The number of rotatable bonds is 3. The molecule has 0 aliphatic carbocycles. The van der Waals surface area contributed by atoms with Gasteiger partial charge in [-0.05, 0) is 0 Å². The summed E-state index contributed by atoms with van der Waals surface area (Å²) in [5.41, 5.74) is 5.36. The molecule has 1 aromatic rings. The summed E-state index contributed by atoms with van der Waals surface area (Å²) in [4.78, 5) is 3.69. The molecule has 0 spiro atoms. The third-order valence-electron chi connectivity index (χ3n) is 1.30. The van der Waals surface area contributed by atoms with Gasteiger partial charge in [-0.2, -0.15) is 8.78 Å². The van der Waals surface area contributed by atoms with Gasteiger partial charge in [-0.15, -0.1) is 0 Å². The van der Waals surface area contributed by atoms with Crippen molar-refractivity contribution in [3.05, 3.63) is 12.3 Å². The van der Waals surface area contributed by atoms with Crippen LogP contribution in [0.25, 0.3) is 0 Å². The summed E-state index contributed by atoms with van der Waals surface area (Å²) in [6, 6.07) is 1.20. The Balaban J connectivity index is 2.90. The highest BCUT2D eigenvalue weighted by Gasteiger charge is 2.09. The quantitative estimate of drug-likeness (QED) is 0.779. The fraction of sp³-hybridized carbons (Fsp3) is 0.286. The molecular weight excluding hydrogens is 182 g/mol. The van der Waals surface area contributed by atoms with E-state index >= 15 is 0 Å². The summed E-state index contributed by atoms with van der Waals surface area (Å²) < 4.78 is 32.4. The molecule has 0 radical (unpaired) electrons. The minimum atomic E-state index is -2.91. The smallest absolute Gasteiger partial charge is 0.387 e. The fourth-order valence-corrected chi connectivity index (χ4v) is 0.739. The van der Waals surface area contributed by atoms with Crippen LogP contribution in [0.15, 0.2) is 12.3 Å². The van der Waals surface area contributed by atoms with Gasteiger partial charge in [0.05, 0.1) is 19.0 Å². The lowest BCUT2D eigenvalue weighted by molar-refractivity contribution is -0.0494. The molecule has 1 heterocycles. The van der Waals surface area contributed by atoms with Crippen LogP contribution in [0.5, 0.6) is 11.6 Å². The molecule has 0 aliphatic heterocycles. The Labute approximate surface area is 73.3 Å². The first kappa shape index (κ1) is 9.50. The number of nitrogen functional groups attached to an aromatic ring is 1. The first-order valence-corrected chi connectivity index (χ1v) is 3.38. The largest absolute Gasteiger partial charge is 0.481 e. The van der Waals surface area contributed by atoms with Crippen molar-refractivity contribution >= 4 is 5.69 Å². The molecule has 13 heavy (non-hydrogen) atoms. The van der Waals surface area contributed by atoms with Crippen LogP contribution in [0, 0.1) is 0 Å². The number of nitrogens with zero attached hydrogens (tertiary/aromatic N) is 1.